The Hall–Kier alpha value is -0.380. The van der Waals surface area contributed by atoms with E-state index in [1.165, 1.54) is 35.7 Å². The lowest BCUT2D eigenvalue weighted by Gasteiger charge is -2.36. The van der Waals surface area contributed by atoms with Crippen molar-refractivity contribution in [3.63, 3.8) is 0 Å². The quantitative estimate of drug-likeness (QED) is 0.896. The SMILES string of the molecule is Cc1ccc(C(C)NC2CCN(C(C)C)CC2)s1. The summed E-state index contributed by atoms with van der Waals surface area (Å²) in [4.78, 5) is 5.46. The van der Waals surface area contributed by atoms with Crippen LogP contribution in [0.2, 0.25) is 0 Å². The number of nitrogens with zero attached hydrogens (tertiary/aromatic N) is 1. The van der Waals surface area contributed by atoms with Crippen LogP contribution in [0.1, 0.15) is 49.4 Å². The van der Waals surface area contributed by atoms with Crippen LogP contribution in [0.25, 0.3) is 0 Å². The molecule has 0 saturated carbocycles. The van der Waals surface area contributed by atoms with Gasteiger partial charge in [0.05, 0.1) is 0 Å². The van der Waals surface area contributed by atoms with Crippen LogP contribution in [0.3, 0.4) is 0 Å². The summed E-state index contributed by atoms with van der Waals surface area (Å²) in [6.45, 7) is 11.6. The molecular formula is C15H26N2S. The maximum absolute atomic E-state index is 3.79. The van der Waals surface area contributed by atoms with Crippen LogP contribution in [-0.4, -0.2) is 30.1 Å². The summed E-state index contributed by atoms with van der Waals surface area (Å²) >= 11 is 1.92. The van der Waals surface area contributed by atoms with Gasteiger partial charge in [0.1, 0.15) is 0 Å². The monoisotopic (exact) mass is 266 g/mol. The van der Waals surface area contributed by atoms with Gasteiger partial charge >= 0.3 is 0 Å². The first-order valence-corrected chi connectivity index (χ1v) is 7.94. The molecule has 18 heavy (non-hydrogen) atoms. The second-order valence-corrected chi connectivity index (χ2v) is 7.06. The molecular weight excluding hydrogens is 240 g/mol. The third-order valence-corrected chi connectivity index (χ3v) is 5.12. The summed E-state index contributed by atoms with van der Waals surface area (Å²) in [6.07, 6.45) is 2.57. The molecule has 1 N–H and O–H groups in total. The molecule has 1 aromatic heterocycles. The molecule has 0 spiro atoms. The number of aryl methyl sites for hydroxylation is 1. The first-order chi connectivity index (χ1) is 8.56. The Morgan fingerprint density at radius 3 is 2.39 bits per heavy atom. The van der Waals surface area contributed by atoms with E-state index in [-0.39, 0.29) is 0 Å². The van der Waals surface area contributed by atoms with Gasteiger partial charge < -0.3 is 10.2 Å². The first kappa shape index (κ1) is 14.0. The fourth-order valence-electron chi connectivity index (χ4n) is 2.70. The van der Waals surface area contributed by atoms with Gasteiger partial charge in [-0.2, -0.15) is 0 Å². The maximum Gasteiger partial charge on any atom is 0.0388 e. The molecule has 1 aliphatic rings. The van der Waals surface area contributed by atoms with Gasteiger partial charge in [-0.05, 0) is 65.8 Å². The van der Waals surface area contributed by atoms with Crippen LogP contribution in [-0.2, 0) is 0 Å². The zero-order valence-corrected chi connectivity index (χ0v) is 12.9. The molecule has 3 heteroatoms. The molecule has 1 atom stereocenters. The van der Waals surface area contributed by atoms with Gasteiger partial charge in [0.25, 0.3) is 0 Å². The van der Waals surface area contributed by atoms with Crippen molar-refractivity contribution in [1.29, 1.82) is 0 Å². The Balaban J connectivity index is 1.81. The van der Waals surface area contributed by atoms with E-state index in [0.717, 1.165) is 0 Å². The summed E-state index contributed by atoms with van der Waals surface area (Å²) in [7, 11) is 0. The molecule has 2 rings (SSSR count). The van der Waals surface area contributed by atoms with Crippen LogP contribution >= 0.6 is 11.3 Å². The Labute approximate surface area is 115 Å². The summed E-state index contributed by atoms with van der Waals surface area (Å²) < 4.78 is 0. The van der Waals surface area contributed by atoms with Gasteiger partial charge in [0.15, 0.2) is 0 Å². The lowest BCUT2D eigenvalue weighted by atomic mass is 10.0. The van der Waals surface area contributed by atoms with E-state index in [1.807, 2.05) is 11.3 Å². The van der Waals surface area contributed by atoms with Gasteiger partial charge in [0.2, 0.25) is 0 Å². The van der Waals surface area contributed by atoms with Crippen LogP contribution < -0.4 is 5.32 Å². The number of rotatable bonds is 4. The Morgan fingerprint density at radius 1 is 1.22 bits per heavy atom. The van der Waals surface area contributed by atoms with Crippen molar-refractivity contribution < 1.29 is 0 Å². The molecule has 1 saturated heterocycles. The zero-order chi connectivity index (χ0) is 13.1. The van der Waals surface area contributed by atoms with Crippen LogP contribution in [0.5, 0.6) is 0 Å². The van der Waals surface area contributed by atoms with Crippen molar-refractivity contribution in [3.05, 3.63) is 21.9 Å². The van der Waals surface area contributed by atoms with Gasteiger partial charge in [-0.25, -0.2) is 0 Å². The number of nitrogens with one attached hydrogen (secondary N) is 1. The highest BCUT2D eigenvalue weighted by Gasteiger charge is 2.22. The maximum atomic E-state index is 3.79. The molecule has 0 aromatic carbocycles. The predicted octanol–water partition coefficient (Wildman–Crippen LogP) is 3.58. The van der Waals surface area contributed by atoms with Gasteiger partial charge in [-0.15, -0.1) is 11.3 Å². The van der Waals surface area contributed by atoms with Gasteiger partial charge in [0, 0.05) is 27.9 Å². The Kier molecular flexibility index (Phi) is 4.82. The molecule has 102 valence electrons. The molecule has 0 bridgehead atoms. The van der Waals surface area contributed by atoms with Crippen molar-refractivity contribution >= 4 is 11.3 Å². The minimum Gasteiger partial charge on any atom is -0.307 e. The average Bonchev–Trinajstić information content (AvgIpc) is 2.76. The van der Waals surface area contributed by atoms with Crippen molar-refractivity contribution in [2.75, 3.05) is 13.1 Å². The topological polar surface area (TPSA) is 15.3 Å². The summed E-state index contributed by atoms with van der Waals surface area (Å²) in [5.41, 5.74) is 0. The zero-order valence-electron chi connectivity index (χ0n) is 12.1. The second-order valence-electron chi connectivity index (χ2n) is 5.74. The van der Waals surface area contributed by atoms with E-state index >= 15 is 0 Å². The molecule has 1 aliphatic heterocycles. The van der Waals surface area contributed by atoms with Crippen molar-refractivity contribution in [3.8, 4) is 0 Å². The van der Waals surface area contributed by atoms with E-state index in [4.69, 9.17) is 0 Å². The summed E-state index contributed by atoms with van der Waals surface area (Å²) in [6, 6.07) is 6.38. The molecule has 0 aliphatic carbocycles. The molecule has 2 heterocycles. The highest BCUT2D eigenvalue weighted by Crippen LogP contribution is 2.24. The minimum absolute atomic E-state index is 0.499. The van der Waals surface area contributed by atoms with Crippen molar-refractivity contribution in [2.45, 2.75) is 58.7 Å². The van der Waals surface area contributed by atoms with Gasteiger partial charge in [-0.1, -0.05) is 0 Å². The smallest absolute Gasteiger partial charge is 0.0388 e. The van der Waals surface area contributed by atoms with Crippen molar-refractivity contribution in [2.24, 2.45) is 0 Å². The molecule has 1 unspecified atom stereocenters. The normalized spacial score (nSPS) is 20.5. The molecule has 0 amide bonds. The predicted molar refractivity (Wildman–Crippen MR) is 80.3 cm³/mol. The average molecular weight is 266 g/mol. The summed E-state index contributed by atoms with van der Waals surface area (Å²) in [5.74, 6) is 0. The fraction of sp³-hybridized carbons (Fsp3) is 0.733. The minimum atomic E-state index is 0.499. The molecule has 0 radical (unpaired) electrons. The number of hydrogen-bond acceptors (Lipinski definition) is 3. The number of thiophene rings is 1. The third kappa shape index (κ3) is 3.56. The highest BCUT2D eigenvalue weighted by molar-refractivity contribution is 7.12. The van der Waals surface area contributed by atoms with Crippen molar-refractivity contribution in [1.82, 2.24) is 10.2 Å². The fourth-order valence-corrected chi connectivity index (χ4v) is 3.59. The largest absolute Gasteiger partial charge is 0.307 e. The number of piperidine rings is 1. The summed E-state index contributed by atoms with van der Waals surface area (Å²) in [5, 5.41) is 3.79. The van der Waals surface area contributed by atoms with E-state index in [2.05, 4.69) is 50.0 Å². The molecule has 1 fully saturated rings. The van der Waals surface area contributed by atoms with Gasteiger partial charge in [-0.3, -0.25) is 0 Å². The Morgan fingerprint density at radius 2 is 1.89 bits per heavy atom. The second kappa shape index (κ2) is 6.18. The highest BCUT2D eigenvalue weighted by atomic mass is 32.1. The molecule has 2 nitrogen and oxygen atoms in total. The first-order valence-electron chi connectivity index (χ1n) is 7.12. The number of likely N-dealkylation sites (tertiary alicyclic amines) is 1. The third-order valence-electron chi connectivity index (χ3n) is 3.93. The lowest BCUT2D eigenvalue weighted by molar-refractivity contribution is 0.157. The molecule has 1 aromatic rings. The number of hydrogen-bond donors (Lipinski definition) is 1. The Bertz CT molecular complexity index is 364. The lowest BCUT2D eigenvalue weighted by Crippen LogP contribution is -2.45. The van der Waals surface area contributed by atoms with Crippen LogP contribution in [0.15, 0.2) is 12.1 Å². The van der Waals surface area contributed by atoms with Crippen LogP contribution in [0.4, 0.5) is 0 Å². The standard InChI is InChI=1S/C15H26N2S/c1-11(2)17-9-7-14(8-10-17)16-13(4)15-6-5-12(3)18-15/h5-6,11,13-14,16H,7-10H2,1-4H3. The van der Waals surface area contributed by atoms with E-state index in [1.54, 1.807) is 0 Å². The van der Waals surface area contributed by atoms with E-state index < -0.39 is 0 Å². The van der Waals surface area contributed by atoms with E-state index in [9.17, 15) is 0 Å². The van der Waals surface area contributed by atoms with Crippen LogP contribution in [0, 0.1) is 6.92 Å². The van der Waals surface area contributed by atoms with E-state index in [0.29, 0.717) is 18.1 Å².